The lowest BCUT2D eigenvalue weighted by Crippen LogP contribution is -2.33. The van der Waals surface area contributed by atoms with E-state index in [1.807, 2.05) is 6.92 Å². The first-order valence-corrected chi connectivity index (χ1v) is 5.62. The molecule has 1 amide bonds. The predicted octanol–water partition coefficient (Wildman–Crippen LogP) is 2.32. The van der Waals surface area contributed by atoms with E-state index >= 15 is 0 Å². The Kier molecular flexibility index (Phi) is 3.86. The SMILES string of the molecule is CC(Br)CNC(=O)C1CCC(F)(F)C1. The van der Waals surface area contributed by atoms with E-state index in [0.29, 0.717) is 13.0 Å². The number of alkyl halides is 3. The van der Waals surface area contributed by atoms with Crippen LogP contribution in [-0.2, 0) is 4.79 Å². The topological polar surface area (TPSA) is 29.1 Å². The zero-order valence-electron chi connectivity index (χ0n) is 8.03. The molecule has 1 aliphatic rings. The molecule has 2 nitrogen and oxygen atoms in total. The Morgan fingerprint density at radius 3 is 2.79 bits per heavy atom. The molecule has 0 aliphatic heterocycles. The van der Waals surface area contributed by atoms with Crippen molar-refractivity contribution in [2.75, 3.05) is 6.54 Å². The highest BCUT2D eigenvalue weighted by atomic mass is 79.9. The molecular weight excluding hydrogens is 256 g/mol. The first kappa shape index (κ1) is 11.9. The molecule has 0 spiro atoms. The number of halogens is 3. The average Bonchev–Trinajstić information content (AvgIpc) is 2.41. The Labute approximate surface area is 90.6 Å². The maximum atomic E-state index is 12.8. The highest BCUT2D eigenvalue weighted by molar-refractivity contribution is 9.09. The van der Waals surface area contributed by atoms with E-state index in [1.54, 1.807) is 0 Å². The third kappa shape index (κ3) is 3.52. The summed E-state index contributed by atoms with van der Waals surface area (Å²) >= 11 is 3.27. The zero-order chi connectivity index (χ0) is 10.8. The lowest BCUT2D eigenvalue weighted by atomic mass is 10.1. The smallest absolute Gasteiger partial charge is 0.248 e. The van der Waals surface area contributed by atoms with E-state index in [0.717, 1.165) is 0 Å². The fraction of sp³-hybridized carbons (Fsp3) is 0.889. The molecule has 0 heterocycles. The van der Waals surface area contributed by atoms with Gasteiger partial charge in [0.25, 0.3) is 0 Å². The summed E-state index contributed by atoms with van der Waals surface area (Å²) in [5.74, 6) is -3.38. The molecule has 1 aliphatic carbocycles. The summed E-state index contributed by atoms with van der Waals surface area (Å²) in [5, 5.41) is 2.64. The van der Waals surface area contributed by atoms with Gasteiger partial charge in [0, 0.05) is 30.1 Å². The van der Waals surface area contributed by atoms with Gasteiger partial charge in [-0.15, -0.1) is 0 Å². The quantitative estimate of drug-likeness (QED) is 0.783. The second kappa shape index (κ2) is 4.55. The third-order valence-corrected chi connectivity index (χ3v) is 2.66. The van der Waals surface area contributed by atoms with Crippen LogP contribution in [0, 0.1) is 5.92 Å². The second-order valence-electron chi connectivity index (χ2n) is 3.82. The summed E-state index contributed by atoms with van der Waals surface area (Å²) in [4.78, 5) is 11.5. The van der Waals surface area contributed by atoms with Gasteiger partial charge >= 0.3 is 0 Å². The standard InChI is InChI=1S/C9H14BrF2NO/c1-6(10)5-13-8(14)7-2-3-9(11,12)4-7/h6-7H,2-5H2,1H3,(H,13,14). The van der Waals surface area contributed by atoms with Gasteiger partial charge in [-0.05, 0) is 6.42 Å². The molecule has 1 N–H and O–H groups in total. The Morgan fingerprint density at radius 2 is 2.36 bits per heavy atom. The highest BCUT2D eigenvalue weighted by Gasteiger charge is 2.42. The van der Waals surface area contributed by atoms with Gasteiger partial charge in [-0.1, -0.05) is 22.9 Å². The second-order valence-corrected chi connectivity index (χ2v) is 5.38. The van der Waals surface area contributed by atoms with Crippen LogP contribution in [0.3, 0.4) is 0 Å². The van der Waals surface area contributed by atoms with Crippen LogP contribution < -0.4 is 5.32 Å². The van der Waals surface area contributed by atoms with Crippen molar-refractivity contribution in [1.29, 1.82) is 0 Å². The Bertz CT molecular complexity index is 221. The van der Waals surface area contributed by atoms with E-state index in [2.05, 4.69) is 21.2 Å². The van der Waals surface area contributed by atoms with Crippen LogP contribution in [0.25, 0.3) is 0 Å². The molecule has 0 saturated heterocycles. The zero-order valence-corrected chi connectivity index (χ0v) is 9.61. The van der Waals surface area contributed by atoms with Crippen LogP contribution >= 0.6 is 15.9 Å². The van der Waals surface area contributed by atoms with Crippen LogP contribution in [0.2, 0.25) is 0 Å². The van der Waals surface area contributed by atoms with E-state index in [9.17, 15) is 13.6 Å². The summed E-state index contributed by atoms with van der Waals surface area (Å²) in [6.45, 7) is 2.38. The Morgan fingerprint density at radius 1 is 1.71 bits per heavy atom. The van der Waals surface area contributed by atoms with Crippen molar-refractivity contribution < 1.29 is 13.6 Å². The molecule has 1 rings (SSSR count). The van der Waals surface area contributed by atoms with Crippen molar-refractivity contribution in [3.8, 4) is 0 Å². The van der Waals surface area contributed by atoms with Crippen LogP contribution in [-0.4, -0.2) is 23.2 Å². The molecule has 0 bridgehead atoms. The fourth-order valence-electron chi connectivity index (χ4n) is 1.56. The van der Waals surface area contributed by atoms with Gasteiger partial charge in [0.05, 0.1) is 0 Å². The van der Waals surface area contributed by atoms with Gasteiger partial charge in [-0.25, -0.2) is 8.78 Å². The lowest BCUT2D eigenvalue weighted by molar-refractivity contribution is -0.125. The van der Waals surface area contributed by atoms with E-state index in [-0.39, 0.29) is 23.6 Å². The molecule has 0 aromatic heterocycles. The average molecular weight is 270 g/mol. The van der Waals surface area contributed by atoms with Gasteiger partial charge in [-0.3, -0.25) is 4.79 Å². The fourth-order valence-corrected chi connectivity index (χ4v) is 1.72. The maximum Gasteiger partial charge on any atom is 0.248 e. The molecule has 82 valence electrons. The maximum absolute atomic E-state index is 12.8. The Hall–Kier alpha value is -0.190. The normalized spacial score (nSPS) is 27.3. The van der Waals surface area contributed by atoms with Crippen molar-refractivity contribution in [1.82, 2.24) is 5.32 Å². The Balaban J connectivity index is 2.33. The summed E-state index contributed by atoms with van der Waals surface area (Å²) in [7, 11) is 0. The minimum absolute atomic E-state index is 0.158. The van der Waals surface area contributed by atoms with E-state index in [1.165, 1.54) is 0 Å². The molecule has 0 aromatic rings. The number of carbonyl (C=O) groups is 1. The van der Waals surface area contributed by atoms with Crippen molar-refractivity contribution in [2.24, 2.45) is 5.92 Å². The molecule has 1 saturated carbocycles. The van der Waals surface area contributed by atoms with Crippen LogP contribution in [0.1, 0.15) is 26.2 Å². The van der Waals surface area contributed by atoms with Crippen LogP contribution in [0.5, 0.6) is 0 Å². The van der Waals surface area contributed by atoms with Gasteiger partial charge in [0.1, 0.15) is 0 Å². The number of amides is 1. The van der Waals surface area contributed by atoms with Crippen molar-refractivity contribution in [3.05, 3.63) is 0 Å². The number of hydrogen-bond donors (Lipinski definition) is 1. The molecule has 2 unspecified atom stereocenters. The minimum atomic E-state index is -2.64. The van der Waals surface area contributed by atoms with Crippen LogP contribution in [0.4, 0.5) is 8.78 Å². The third-order valence-electron chi connectivity index (χ3n) is 2.33. The summed E-state index contributed by atoms with van der Waals surface area (Å²) in [6, 6.07) is 0. The first-order chi connectivity index (χ1) is 6.41. The molecule has 14 heavy (non-hydrogen) atoms. The number of nitrogens with one attached hydrogen (secondary N) is 1. The first-order valence-electron chi connectivity index (χ1n) is 4.70. The highest BCUT2D eigenvalue weighted by Crippen LogP contribution is 2.38. The largest absolute Gasteiger partial charge is 0.355 e. The minimum Gasteiger partial charge on any atom is -0.355 e. The molecule has 0 radical (unpaired) electrons. The predicted molar refractivity (Wildman–Crippen MR) is 53.7 cm³/mol. The van der Waals surface area contributed by atoms with E-state index < -0.39 is 11.8 Å². The summed E-state index contributed by atoms with van der Waals surface area (Å²) in [5.41, 5.74) is 0. The van der Waals surface area contributed by atoms with Crippen LogP contribution in [0.15, 0.2) is 0 Å². The van der Waals surface area contributed by atoms with Crippen molar-refractivity contribution >= 4 is 21.8 Å². The molecule has 0 aromatic carbocycles. The summed E-state index contributed by atoms with van der Waals surface area (Å²) in [6.07, 6.45) is -0.153. The molecule has 5 heteroatoms. The van der Waals surface area contributed by atoms with E-state index in [4.69, 9.17) is 0 Å². The van der Waals surface area contributed by atoms with Crippen molar-refractivity contribution in [2.45, 2.75) is 36.9 Å². The number of hydrogen-bond acceptors (Lipinski definition) is 1. The molecule has 1 fully saturated rings. The molecule has 2 atom stereocenters. The van der Waals surface area contributed by atoms with Gasteiger partial charge < -0.3 is 5.32 Å². The lowest BCUT2D eigenvalue weighted by Gasteiger charge is -2.12. The van der Waals surface area contributed by atoms with Gasteiger partial charge in [0.2, 0.25) is 11.8 Å². The monoisotopic (exact) mass is 269 g/mol. The summed E-state index contributed by atoms with van der Waals surface area (Å²) < 4.78 is 25.5. The number of carbonyl (C=O) groups excluding carboxylic acids is 1. The van der Waals surface area contributed by atoms with Gasteiger partial charge in [-0.2, -0.15) is 0 Å². The number of rotatable bonds is 3. The van der Waals surface area contributed by atoms with Crippen molar-refractivity contribution in [3.63, 3.8) is 0 Å². The van der Waals surface area contributed by atoms with Gasteiger partial charge in [0.15, 0.2) is 0 Å². The molecular formula is C9H14BrF2NO.